The number of amides is 1. The van der Waals surface area contributed by atoms with Crippen molar-refractivity contribution in [1.29, 1.82) is 0 Å². The van der Waals surface area contributed by atoms with Crippen LogP contribution in [0.5, 0.6) is 0 Å². The van der Waals surface area contributed by atoms with E-state index in [-0.39, 0.29) is 6.09 Å². The van der Waals surface area contributed by atoms with Crippen molar-refractivity contribution in [2.75, 3.05) is 20.1 Å². The van der Waals surface area contributed by atoms with E-state index in [1.807, 2.05) is 20.8 Å². The number of nitrogens with one attached hydrogen (secondary N) is 1. The van der Waals surface area contributed by atoms with Crippen molar-refractivity contribution in [2.45, 2.75) is 65.5 Å². The number of carbonyl (C=O) groups excluding carboxylic acids is 1. The lowest BCUT2D eigenvalue weighted by atomic mass is 10.0. The van der Waals surface area contributed by atoms with Crippen LogP contribution < -0.4 is 5.32 Å². The van der Waals surface area contributed by atoms with Crippen LogP contribution in [0, 0.1) is 5.92 Å². The van der Waals surface area contributed by atoms with E-state index >= 15 is 0 Å². The Labute approximate surface area is 153 Å². The molecule has 0 radical (unpaired) electrons. The number of rotatable bonds is 9. The van der Waals surface area contributed by atoms with Gasteiger partial charge in [0.15, 0.2) is 0 Å². The smallest absolute Gasteiger partial charge is 0.410 e. The Bertz CT molecular complexity index is 496. The summed E-state index contributed by atoms with van der Waals surface area (Å²) in [6.07, 6.45) is 3.28. The third-order valence-electron chi connectivity index (χ3n) is 4.05. The van der Waals surface area contributed by atoms with Crippen molar-refractivity contribution in [1.82, 2.24) is 10.2 Å². The maximum atomic E-state index is 12.1. The summed E-state index contributed by atoms with van der Waals surface area (Å²) in [5, 5.41) is 3.68. The molecule has 4 nitrogen and oxygen atoms in total. The molecule has 1 rings (SSSR count). The van der Waals surface area contributed by atoms with Gasteiger partial charge in [0.1, 0.15) is 5.60 Å². The molecule has 0 aromatic heterocycles. The topological polar surface area (TPSA) is 41.6 Å². The lowest BCUT2D eigenvalue weighted by Crippen LogP contribution is -2.39. The number of nitrogens with zero attached hydrogens (tertiary/aromatic N) is 1. The summed E-state index contributed by atoms with van der Waals surface area (Å²) < 4.78 is 5.41. The van der Waals surface area contributed by atoms with Gasteiger partial charge in [0, 0.05) is 19.6 Å². The van der Waals surface area contributed by atoms with Crippen molar-refractivity contribution in [3.63, 3.8) is 0 Å². The van der Waals surface area contributed by atoms with E-state index in [2.05, 4.69) is 49.5 Å². The first-order valence-electron chi connectivity index (χ1n) is 9.45. The van der Waals surface area contributed by atoms with Crippen LogP contribution in [0.1, 0.15) is 65.5 Å². The third-order valence-corrected chi connectivity index (χ3v) is 4.05. The first-order chi connectivity index (χ1) is 11.7. The molecule has 0 aliphatic rings. The lowest BCUT2D eigenvalue weighted by molar-refractivity contribution is 0.0276. The third kappa shape index (κ3) is 8.92. The molecule has 0 aliphatic carbocycles. The van der Waals surface area contributed by atoms with Crippen molar-refractivity contribution in [2.24, 2.45) is 5.92 Å². The van der Waals surface area contributed by atoms with E-state index in [9.17, 15) is 4.79 Å². The van der Waals surface area contributed by atoms with E-state index in [1.54, 1.807) is 11.9 Å². The molecule has 0 saturated heterocycles. The maximum Gasteiger partial charge on any atom is 0.410 e. The van der Waals surface area contributed by atoms with Gasteiger partial charge in [0.2, 0.25) is 0 Å². The predicted molar refractivity (Wildman–Crippen MR) is 105 cm³/mol. The summed E-state index contributed by atoms with van der Waals surface area (Å²) in [5.74, 6) is 0.352. The average Bonchev–Trinajstić information content (AvgIpc) is 2.54. The van der Waals surface area contributed by atoms with Gasteiger partial charge in [0.25, 0.3) is 0 Å². The zero-order valence-corrected chi connectivity index (χ0v) is 16.8. The van der Waals surface area contributed by atoms with Crippen molar-refractivity contribution in [3.05, 3.63) is 35.9 Å². The standard InChI is InChI=1S/C21H36N2O2/c1-7-8-14-19(18-12-10-9-11-13-18)22-15-17(2)16-23(6)20(24)25-21(3,4)5/h9-13,17,19,22H,7-8,14-16H2,1-6H3. The Balaban J connectivity index is 2.51. The summed E-state index contributed by atoms with van der Waals surface area (Å²) in [5.41, 5.74) is 0.884. The van der Waals surface area contributed by atoms with Crippen LogP contribution in [-0.2, 0) is 4.74 Å². The normalized spacial score (nSPS) is 14.0. The second-order valence-electron chi connectivity index (χ2n) is 7.98. The molecular formula is C21H36N2O2. The Morgan fingerprint density at radius 3 is 2.44 bits per heavy atom. The van der Waals surface area contributed by atoms with Crippen molar-refractivity contribution < 1.29 is 9.53 Å². The van der Waals surface area contributed by atoms with E-state index in [4.69, 9.17) is 4.74 Å². The fourth-order valence-electron chi connectivity index (χ4n) is 2.77. The fourth-order valence-corrected chi connectivity index (χ4v) is 2.77. The number of ether oxygens (including phenoxy) is 1. The van der Waals surface area contributed by atoms with Crippen LogP contribution in [0.15, 0.2) is 30.3 Å². The fraction of sp³-hybridized carbons (Fsp3) is 0.667. The second-order valence-corrected chi connectivity index (χ2v) is 7.98. The highest BCUT2D eigenvalue weighted by molar-refractivity contribution is 5.67. The highest BCUT2D eigenvalue weighted by Crippen LogP contribution is 2.19. The van der Waals surface area contributed by atoms with E-state index in [0.717, 1.165) is 13.0 Å². The largest absolute Gasteiger partial charge is 0.444 e. The number of unbranched alkanes of at least 4 members (excludes halogenated alkanes) is 1. The van der Waals surface area contributed by atoms with Crippen molar-refractivity contribution in [3.8, 4) is 0 Å². The minimum absolute atomic E-state index is 0.259. The summed E-state index contributed by atoms with van der Waals surface area (Å²) in [7, 11) is 1.80. The molecular weight excluding hydrogens is 312 g/mol. The van der Waals surface area contributed by atoms with Gasteiger partial charge in [-0.2, -0.15) is 0 Å². The zero-order chi connectivity index (χ0) is 18.9. The van der Waals surface area contributed by atoms with Gasteiger partial charge in [-0.05, 0) is 45.2 Å². The molecule has 1 N–H and O–H groups in total. The average molecular weight is 349 g/mol. The Hall–Kier alpha value is -1.55. The van der Waals surface area contributed by atoms with Gasteiger partial charge in [-0.15, -0.1) is 0 Å². The summed E-state index contributed by atoms with van der Waals surface area (Å²) in [4.78, 5) is 13.7. The summed E-state index contributed by atoms with van der Waals surface area (Å²) in [6, 6.07) is 11.0. The second kappa shape index (κ2) is 10.4. The maximum absolute atomic E-state index is 12.1. The van der Waals surface area contributed by atoms with Crippen molar-refractivity contribution >= 4 is 6.09 Å². The Morgan fingerprint density at radius 1 is 1.24 bits per heavy atom. The Kier molecular flexibility index (Phi) is 8.98. The van der Waals surface area contributed by atoms with Crippen LogP contribution in [-0.4, -0.2) is 36.7 Å². The zero-order valence-electron chi connectivity index (χ0n) is 16.8. The highest BCUT2D eigenvalue weighted by Gasteiger charge is 2.21. The molecule has 1 aromatic carbocycles. The number of hydrogen-bond acceptors (Lipinski definition) is 3. The molecule has 0 heterocycles. The van der Waals surface area contributed by atoms with Crippen LogP contribution in [0.4, 0.5) is 4.79 Å². The SMILES string of the molecule is CCCCC(NCC(C)CN(C)C(=O)OC(C)(C)C)c1ccccc1. The first-order valence-corrected chi connectivity index (χ1v) is 9.45. The lowest BCUT2D eigenvalue weighted by Gasteiger charge is -2.27. The number of carbonyl (C=O) groups is 1. The minimum atomic E-state index is -0.453. The highest BCUT2D eigenvalue weighted by atomic mass is 16.6. The quantitative estimate of drug-likeness (QED) is 0.682. The van der Waals surface area contributed by atoms with E-state index in [1.165, 1.54) is 18.4 Å². The molecule has 2 atom stereocenters. The molecule has 4 heteroatoms. The first kappa shape index (κ1) is 21.5. The van der Waals surface area contributed by atoms with Crippen LogP contribution >= 0.6 is 0 Å². The summed E-state index contributed by atoms with van der Waals surface area (Å²) >= 11 is 0. The van der Waals surface area contributed by atoms with Gasteiger partial charge in [-0.1, -0.05) is 57.0 Å². The predicted octanol–water partition coefficient (Wildman–Crippen LogP) is 5.01. The number of benzene rings is 1. The molecule has 0 fully saturated rings. The van der Waals surface area contributed by atoms with E-state index in [0.29, 0.717) is 18.5 Å². The van der Waals surface area contributed by atoms with Gasteiger partial charge in [-0.3, -0.25) is 0 Å². The van der Waals surface area contributed by atoms with Crippen LogP contribution in [0.2, 0.25) is 0 Å². The molecule has 25 heavy (non-hydrogen) atoms. The minimum Gasteiger partial charge on any atom is -0.444 e. The molecule has 2 unspecified atom stereocenters. The number of hydrogen-bond donors (Lipinski definition) is 1. The van der Waals surface area contributed by atoms with Crippen LogP contribution in [0.25, 0.3) is 0 Å². The van der Waals surface area contributed by atoms with Gasteiger partial charge in [-0.25, -0.2) is 4.79 Å². The molecule has 142 valence electrons. The van der Waals surface area contributed by atoms with Crippen LogP contribution in [0.3, 0.4) is 0 Å². The molecule has 1 amide bonds. The molecule has 0 bridgehead atoms. The van der Waals surface area contributed by atoms with Gasteiger partial charge < -0.3 is 15.0 Å². The summed E-state index contributed by atoms with van der Waals surface area (Å²) in [6.45, 7) is 11.6. The molecule has 0 saturated carbocycles. The van der Waals surface area contributed by atoms with Gasteiger partial charge >= 0.3 is 6.09 Å². The molecule has 1 aromatic rings. The Morgan fingerprint density at radius 2 is 1.88 bits per heavy atom. The monoisotopic (exact) mass is 348 g/mol. The van der Waals surface area contributed by atoms with E-state index < -0.39 is 5.60 Å². The molecule has 0 spiro atoms. The molecule has 0 aliphatic heterocycles. The van der Waals surface area contributed by atoms with Gasteiger partial charge in [0.05, 0.1) is 0 Å².